The first-order chi connectivity index (χ1) is 17.5. The summed E-state index contributed by atoms with van der Waals surface area (Å²) in [5, 5.41) is 18.8. The number of hydrogen-bond donors (Lipinski definition) is 3. The largest absolute Gasteiger partial charge is 0.495 e. The number of likely N-dealkylation sites (tertiary alicyclic amines) is 1. The maximum Gasteiger partial charge on any atom is 0.319 e. The van der Waals surface area contributed by atoms with Gasteiger partial charge in [-0.05, 0) is 56.0 Å². The molecule has 36 heavy (non-hydrogen) atoms. The van der Waals surface area contributed by atoms with Gasteiger partial charge in [0.25, 0.3) is 0 Å². The number of para-hydroxylation sites is 1. The van der Waals surface area contributed by atoms with E-state index in [0.717, 1.165) is 44.3 Å². The van der Waals surface area contributed by atoms with Gasteiger partial charge in [-0.3, -0.25) is 4.79 Å². The lowest BCUT2D eigenvalue weighted by atomic mass is 9.81. The predicted octanol–water partition coefficient (Wildman–Crippen LogP) is 4.65. The van der Waals surface area contributed by atoms with E-state index in [0.29, 0.717) is 29.0 Å². The molecule has 8 nitrogen and oxygen atoms in total. The highest BCUT2D eigenvalue weighted by molar-refractivity contribution is 5.90. The topological polar surface area (TPSA) is 106 Å². The second-order valence-corrected chi connectivity index (χ2v) is 10.1. The van der Waals surface area contributed by atoms with Crippen LogP contribution in [0.4, 0.5) is 16.2 Å². The molecule has 0 radical (unpaired) electrons. The molecule has 0 aromatic heterocycles. The van der Waals surface area contributed by atoms with Crippen LogP contribution in [-0.2, 0) is 4.79 Å². The molecule has 8 heteroatoms. The zero-order valence-electron chi connectivity index (χ0n) is 20.8. The molecule has 2 aromatic rings. The number of carbonyl (C=O) groups is 2. The van der Waals surface area contributed by atoms with Gasteiger partial charge in [0.05, 0.1) is 24.6 Å². The lowest BCUT2D eigenvalue weighted by Crippen LogP contribution is -2.51. The molecule has 0 unspecified atom stereocenters. The van der Waals surface area contributed by atoms with Gasteiger partial charge in [0, 0.05) is 35.9 Å². The Kier molecular flexibility index (Phi) is 6.73. The van der Waals surface area contributed by atoms with Gasteiger partial charge in [0.2, 0.25) is 5.91 Å². The van der Waals surface area contributed by atoms with Crippen molar-refractivity contribution in [2.75, 3.05) is 24.3 Å². The second kappa shape index (κ2) is 10.1. The normalized spacial score (nSPS) is 26.6. The molecule has 2 aliphatic heterocycles. The molecule has 1 saturated carbocycles. The third kappa shape index (κ3) is 4.46. The fourth-order valence-electron chi connectivity index (χ4n) is 6.25. The van der Waals surface area contributed by atoms with Gasteiger partial charge in [-0.2, -0.15) is 5.26 Å². The average Bonchev–Trinajstić information content (AvgIpc) is 3.35. The van der Waals surface area contributed by atoms with Crippen LogP contribution in [0.5, 0.6) is 5.75 Å². The Labute approximate surface area is 212 Å². The minimum absolute atomic E-state index is 0.0741. The molecule has 3 N–H and O–H groups in total. The molecule has 0 spiro atoms. The number of hydrogen-bond acceptors (Lipinski definition) is 5. The minimum Gasteiger partial charge on any atom is -0.495 e. The lowest BCUT2D eigenvalue weighted by molar-refractivity contribution is -0.138. The van der Waals surface area contributed by atoms with Gasteiger partial charge in [0.1, 0.15) is 11.8 Å². The van der Waals surface area contributed by atoms with Crippen molar-refractivity contribution in [2.24, 2.45) is 11.8 Å². The summed E-state index contributed by atoms with van der Waals surface area (Å²) >= 11 is 0. The fourth-order valence-corrected chi connectivity index (χ4v) is 6.25. The summed E-state index contributed by atoms with van der Waals surface area (Å²) in [6, 6.07) is 15.1. The van der Waals surface area contributed by atoms with Crippen molar-refractivity contribution in [2.45, 2.75) is 57.2 Å². The molecule has 3 amide bonds. The number of rotatable bonds is 4. The van der Waals surface area contributed by atoms with Gasteiger partial charge in [-0.1, -0.05) is 31.0 Å². The number of anilines is 2. The molecule has 3 aliphatic rings. The molecule has 0 bridgehead atoms. The Morgan fingerprint density at radius 3 is 2.75 bits per heavy atom. The van der Waals surface area contributed by atoms with E-state index in [4.69, 9.17) is 4.74 Å². The summed E-state index contributed by atoms with van der Waals surface area (Å²) in [5.74, 6) is 0.740. The highest BCUT2D eigenvalue weighted by atomic mass is 16.5. The monoisotopic (exact) mass is 487 g/mol. The van der Waals surface area contributed by atoms with E-state index in [9.17, 15) is 14.9 Å². The van der Waals surface area contributed by atoms with Gasteiger partial charge in [0.15, 0.2) is 0 Å². The second-order valence-electron chi connectivity index (χ2n) is 10.1. The number of benzene rings is 2. The minimum atomic E-state index is -0.367. The zero-order chi connectivity index (χ0) is 25.2. The van der Waals surface area contributed by atoms with Crippen LogP contribution in [0.15, 0.2) is 42.5 Å². The molecule has 2 aromatic carbocycles. The van der Waals surface area contributed by atoms with Crippen molar-refractivity contribution < 1.29 is 14.3 Å². The molecule has 188 valence electrons. The Morgan fingerprint density at radius 2 is 1.94 bits per heavy atom. The summed E-state index contributed by atoms with van der Waals surface area (Å²) in [5.41, 5.74) is 3.16. The summed E-state index contributed by atoms with van der Waals surface area (Å²) < 4.78 is 5.18. The zero-order valence-corrected chi connectivity index (χ0v) is 20.8. The van der Waals surface area contributed by atoms with Crippen LogP contribution in [0.2, 0.25) is 0 Å². The van der Waals surface area contributed by atoms with E-state index in [1.54, 1.807) is 18.2 Å². The van der Waals surface area contributed by atoms with Gasteiger partial charge >= 0.3 is 6.03 Å². The van der Waals surface area contributed by atoms with Crippen LogP contribution in [0.3, 0.4) is 0 Å². The van der Waals surface area contributed by atoms with E-state index in [1.165, 1.54) is 12.7 Å². The molecule has 5 rings (SSSR count). The summed E-state index contributed by atoms with van der Waals surface area (Å²) in [4.78, 5) is 28.9. The van der Waals surface area contributed by atoms with E-state index in [1.807, 2.05) is 12.1 Å². The quantitative estimate of drug-likeness (QED) is 0.582. The number of nitriles is 1. The summed E-state index contributed by atoms with van der Waals surface area (Å²) in [7, 11) is 1.50. The molecule has 2 fully saturated rings. The summed E-state index contributed by atoms with van der Waals surface area (Å²) in [6.45, 7) is 2.94. The third-order valence-corrected chi connectivity index (χ3v) is 8.01. The van der Waals surface area contributed by atoms with E-state index < -0.39 is 0 Å². The summed E-state index contributed by atoms with van der Waals surface area (Å²) in [6.07, 6.45) is 4.48. The number of urea groups is 1. The van der Waals surface area contributed by atoms with Crippen molar-refractivity contribution in [3.8, 4) is 11.8 Å². The van der Waals surface area contributed by atoms with E-state index >= 15 is 0 Å². The Balaban J connectivity index is 1.31. The molecule has 1 saturated heterocycles. The number of amides is 3. The Morgan fingerprint density at radius 1 is 1.14 bits per heavy atom. The number of carbonyl (C=O) groups excluding carboxylic acids is 2. The predicted molar refractivity (Wildman–Crippen MR) is 138 cm³/mol. The SMILES string of the molecule is COc1ccc(NC(=O)N[C@@H]2CCCC[C@@H]2C(=O)N2CC[C@@H]3[C@H](C)Nc4ccccc4[C@@H]32)cc1C#N. The van der Waals surface area contributed by atoms with Crippen LogP contribution in [0.1, 0.15) is 56.2 Å². The van der Waals surface area contributed by atoms with Gasteiger partial charge in [-0.25, -0.2) is 4.79 Å². The smallest absolute Gasteiger partial charge is 0.319 e. The first-order valence-corrected chi connectivity index (χ1v) is 12.8. The maximum atomic E-state index is 14.0. The molecule has 2 heterocycles. The van der Waals surface area contributed by atoms with Crippen molar-refractivity contribution in [3.05, 3.63) is 53.6 Å². The first kappa shape index (κ1) is 24.0. The number of fused-ring (bicyclic) bond motifs is 3. The van der Waals surface area contributed by atoms with Crippen molar-refractivity contribution in [1.82, 2.24) is 10.2 Å². The molecular formula is C28H33N5O3. The molecule has 1 aliphatic carbocycles. The Hall–Kier alpha value is -3.73. The van der Waals surface area contributed by atoms with Crippen LogP contribution < -0.4 is 20.7 Å². The maximum absolute atomic E-state index is 14.0. The van der Waals surface area contributed by atoms with E-state index in [2.05, 4.69) is 46.0 Å². The molecule has 5 atom stereocenters. The average molecular weight is 488 g/mol. The standard InChI is InChI=1S/C28H33N5O3/c1-17-20-13-14-33(26(20)21-7-3-5-9-23(21)30-17)27(34)22-8-4-6-10-24(22)32-28(35)31-19-11-12-25(36-2)18(15-19)16-29/h3,5,7,9,11-12,15,17,20,22,24,26,30H,4,6,8,10,13-14H2,1-2H3,(H2,31,32,35)/t17-,20+,22-,24+,26+/m0/s1. The van der Waals surface area contributed by atoms with Crippen molar-refractivity contribution >= 4 is 23.3 Å². The molecular weight excluding hydrogens is 454 g/mol. The van der Waals surface area contributed by atoms with Gasteiger partial charge < -0.3 is 25.6 Å². The van der Waals surface area contributed by atoms with Crippen molar-refractivity contribution in [1.29, 1.82) is 5.26 Å². The fraction of sp³-hybridized carbons (Fsp3) is 0.464. The lowest BCUT2D eigenvalue weighted by Gasteiger charge is -2.41. The number of ether oxygens (including phenoxy) is 1. The van der Waals surface area contributed by atoms with Crippen LogP contribution in [-0.4, -0.2) is 42.6 Å². The van der Waals surface area contributed by atoms with E-state index in [-0.39, 0.29) is 29.9 Å². The number of nitrogens with zero attached hydrogens (tertiary/aromatic N) is 2. The van der Waals surface area contributed by atoms with Gasteiger partial charge in [-0.15, -0.1) is 0 Å². The van der Waals surface area contributed by atoms with Crippen LogP contribution in [0, 0.1) is 23.2 Å². The van der Waals surface area contributed by atoms with Crippen molar-refractivity contribution in [3.63, 3.8) is 0 Å². The number of methoxy groups -OCH3 is 1. The van der Waals surface area contributed by atoms with Crippen LogP contribution >= 0.6 is 0 Å². The van der Waals surface area contributed by atoms with Crippen LogP contribution in [0.25, 0.3) is 0 Å². The first-order valence-electron chi connectivity index (χ1n) is 12.8. The Bertz CT molecular complexity index is 1190. The highest BCUT2D eigenvalue weighted by Gasteiger charge is 2.47. The highest BCUT2D eigenvalue weighted by Crippen LogP contribution is 2.47. The number of nitrogens with one attached hydrogen (secondary N) is 3. The third-order valence-electron chi connectivity index (χ3n) is 8.01.